The molecule has 1 saturated heterocycles. The molecule has 1 N–H and O–H groups in total. The lowest BCUT2D eigenvalue weighted by atomic mass is 10.0. The monoisotopic (exact) mass is 365 g/mol. The fraction of sp³-hybridized carbons (Fsp3) is 0.333. The van der Waals surface area contributed by atoms with Crippen LogP contribution < -0.4 is 5.32 Å². The van der Waals surface area contributed by atoms with E-state index in [9.17, 15) is 4.79 Å². The number of aromatic nitrogens is 1. The summed E-state index contributed by atoms with van der Waals surface area (Å²) < 4.78 is 0. The highest BCUT2D eigenvalue weighted by molar-refractivity contribution is 7.14. The number of hydrogen-bond acceptors (Lipinski definition) is 4. The standard InChI is InChI=1S/C21H23N3OS/c1-15-5-4-10-24(12-15)13-19-14-26-21(22-19)23-20(25)18-9-8-16-6-2-3-7-17(16)11-18/h2-3,6-9,11,14-15H,4-5,10,12-13H2,1H3,(H,22,23,25). The minimum Gasteiger partial charge on any atom is -0.298 e. The van der Waals surface area contributed by atoms with E-state index in [-0.39, 0.29) is 5.91 Å². The van der Waals surface area contributed by atoms with Crippen LogP contribution >= 0.6 is 11.3 Å². The number of benzene rings is 2. The van der Waals surface area contributed by atoms with Gasteiger partial charge in [0.15, 0.2) is 5.13 Å². The van der Waals surface area contributed by atoms with Crippen molar-refractivity contribution in [1.82, 2.24) is 9.88 Å². The Hall–Kier alpha value is -2.24. The number of amides is 1. The van der Waals surface area contributed by atoms with Gasteiger partial charge < -0.3 is 0 Å². The van der Waals surface area contributed by atoms with E-state index in [4.69, 9.17) is 0 Å². The van der Waals surface area contributed by atoms with Crippen LogP contribution in [0.4, 0.5) is 5.13 Å². The van der Waals surface area contributed by atoms with E-state index in [0.717, 1.165) is 42.0 Å². The van der Waals surface area contributed by atoms with Gasteiger partial charge in [-0.05, 0) is 48.2 Å². The molecule has 0 aliphatic carbocycles. The maximum Gasteiger partial charge on any atom is 0.257 e. The smallest absolute Gasteiger partial charge is 0.257 e. The lowest BCUT2D eigenvalue weighted by Gasteiger charge is -2.30. The summed E-state index contributed by atoms with van der Waals surface area (Å²) in [5.74, 6) is 0.651. The number of thiazole rings is 1. The van der Waals surface area contributed by atoms with Gasteiger partial charge in [0, 0.05) is 24.0 Å². The number of rotatable bonds is 4. The average Bonchev–Trinajstić information content (AvgIpc) is 3.08. The second-order valence-corrected chi connectivity index (χ2v) is 8.00. The van der Waals surface area contributed by atoms with Gasteiger partial charge in [-0.2, -0.15) is 0 Å². The van der Waals surface area contributed by atoms with E-state index >= 15 is 0 Å². The molecule has 5 heteroatoms. The van der Waals surface area contributed by atoms with Gasteiger partial charge >= 0.3 is 0 Å². The number of carbonyl (C=O) groups is 1. The van der Waals surface area contributed by atoms with Gasteiger partial charge in [-0.25, -0.2) is 4.98 Å². The van der Waals surface area contributed by atoms with E-state index in [2.05, 4.69) is 27.5 Å². The Kier molecular flexibility index (Phi) is 5.00. The zero-order valence-electron chi connectivity index (χ0n) is 14.9. The third-order valence-corrected chi connectivity index (χ3v) is 5.72. The first-order valence-electron chi connectivity index (χ1n) is 9.14. The zero-order chi connectivity index (χ0) is 17.9. The summed E-state index contributed by atoms with van der Waals surface area (Å²) in [7, 11) is 0. The molecule has 1 aromatic heterocycles. The number of piperidine rings is 1. The van der Waals surface area contributed by atoms with Gasteiger partial charge in [-0.3, -0.25) is 15.0 Å². The Balaban J connectivity index is 1.42. The third kappa shape index (κ3) is 3.94. The largest absolute Gasteiger partial charge is 0.298 e. The van der Waals surface area contributed by atoms with Gasteiger partial charge in [-0.15, -0.1) is 11.3 Å². The molecule has 1 fully saturated rings. The van der Waals surface area contributed by atoms with Crippen LogP contribution in [0, 0.1) is 5.92 Å². The molecular weight excluding hydrogens is 342 g/mol. The molecule has 4 rings (SSSR count). The first-order valence-corrected chi connectivity index (χ1v) is 10.0. The number of likely N-dealkylation sites (tertiary alicyclic amines) is 1. The number of anilines is 1. The third-order valence-electron chi connectivity index (χ3n) is 4.91. The van der Waals surface area contributed by atoms with Gasteiger partial charge in [0.2, 0.25) is 0 Å². The molecular formula is C21H23N3OS. The molecule has 4 nitrogen and oxygen atoms in total. The van der Waals surface area contributed by atoms with Crippen LogP contribution in [0.3, 0.4) is 0 Å². The fourth-order valence-corrected chi connectivity index (χ4v) is 4.29. The van der Waals surface area contributed by atoms with Crippen molar-refractivity contribution < 1.29 is 4.79 Å². The van der Waals surface area contributed by atoms with Crippen LogP contribution in [-0.4, -0.2) is 28.9 Å². The molecule has 3 aromatic rings. The van der Waals surface area contributed by atoms with Crippen LogP contribution in [0.2, 0.25) is 0 Å². The minimum absolute atomic E-state index is 0.108. The quantitative estimate of drug-likeness (QED) is 0.724. The summed E-state index contributed by atoms with van der Waals surface area (Å²) in [6.07, 6.45) is 2.58. The van der Waals surface area contributed by atoms with Crippen LogP contribution in [0.5, 0.6) is 0 Å². The lowest BCUT2D eigenvalue weighted by molar-refractivity contribution is 0.102. The zero-order valence-corrected chi connectivity index (χ0v) is 15.8. The number of fused-ring (bicyclic) bond motifs is 1. The Labute approximate surface area is 157 Å². The molecule has 0 bridgehead atoms. The van der Waals surface area contributed by atoms with Crippen molar-refractivity contribution in [1.29, 1.82) is 0 Å². The van der Waals surface area contributed by atoms with Crippen LogP contribution in [0.25, 0.3) is 10.8 Å². The Morgan fingerprint density at radius 2 is 2.12 bits per heavy atom. The van der Waals surface area contributed by atoms with Crippen LogP contribution in [0.1, 0.15) is 35.8 Å². The van der Waals surface area contributed by atoms with Crippen molar-refractivity contribution in [3.8, 4) is 0 Å². The van der Waals surface area contributed by atoms with Gasteiger partial charge in [-0.1, -0.05) is 37.3 Å². The highest BCUT2D eigenvalue weighted by Crippen LogP contribution is 2.22. The van der Waals surface area contributed by atoms with Crippen molar-refractivity contribution in [3.05, 3.63) is 59.1 Å². The summed E-state index contributed by atoms with van der Waals surface area (Å²) in [6.45, 7) is 5.45. The Bertz CT molecular complexity index is 920. The molecule has 26 heavy (non-hydrogen) atoms. The van der Waals surface area contributed by atoms with Gasteiger partial charge in [0.1, 0.15) is 0 Å². The molecule has 1 aliphatic rings. The van der Waals surface area contributed by atoms with E-state index in [1.54, 1.807) is 0 Å². The molecule has 0 radical (unpaired) electrons. The fourth-order valence-electron chi connectivity index (χ4n) is 3.60. The van der Waals surface area contributed by atoms with Crippen molar-refractivity contribution in [3.63, 3.8) is 0 Å². The molecule has 1 unspecified atom stereocenters. The molecule has 1 amide bonds. The first-order chi connectivity index (χ1) is 12.7. The highest BCUT2D eigenvalue weighted by atomic mass is 32.1. The van der Waals surface area contributed by atoms with Crippen LogP contribution in [0.15, 0.2) is 47.8 Å². The summed E-state index contributed by atoms with van der Waals surface area (Å²) in [4.78, 5) is 19.6. The normalized spacial score (nSPS) is 18.1. The molecule has 0 spiro atoms. The number of nitrogens with zero attached hydrogens (tertiary/aromatic N) is 2. The molecule has 1 aliphatic heterocycles. The molecule has 134 valence electrons. The van der Waals surface area contributed by atoms with Crippen molar-refractivity contribution >= 4 is 33.1 Å². The average molecular weight is 366 g/mol. The lowest BCUT2D eigenvalue weighted by Crippen LogP contribution is -2.33. The molecule has 0 saturated carbocycles. The maximum atomic E-state index is 12.5. The first kappa shape index (κ1) is 17.2. The van der Waals surface area contributed by atoms with E-state index in [1.807, 2.05) is 42.5 Å². The molecule has 2 heterocycles. The van der Waals surface area contributed by atoms with Gasteiger partial charge in [0.05, 0.1) is 5.69 Å². The molecule has 2 aromatic carbocycles. The van der Waals surface area contributed by atoms with Crippen molar-refractivity contribution in [2.45, 2.75) is 26.3 Å². The maximum absolute atomic E-state index is 12.5. The van der Waals surface area contributed by atoms with Gasteiger partial charge in [0.25, 0.3) is 5.91 Å². The minimum atomic E-state index is -0.108. The number of nitrogens with one attached hydrogen (secondary N) is 1. The number of carbonyl (C=O) groups excluding carboxylic acids is 1. The van der Waals surface area contributed by atoms with E-state index in [0.29, 0.717) is 10.7 Å². The second kappa shape index (κ2) is 7.56. The second-order valence-electron chi connectivity index (χ2n) is 7.14. The van der Waals surface area contributed by atoms with E-state index in [1.165, 1.54) is 24.2 Å². The van der Waals surface area contributed by atoms with E-state index < -0.39 is 0 Å². The Morgan fingerprint density at radius 3 is 2.96 bits per heavy atom. The summed E-state index contributed by atoms with van der Waals surface area (Å²) in [5, 5.41) is 7.86. The Morgan fingerprint density at radius 1 is 1.27 bits per heavy atom. The predicted molar refractivity (Wildman–Crippen MR) is 108 cm³/mol. The summed E-state index contributed by atoms with van der Waals surface area (Å²) in [6, 6.07) is 13.8. The predicted octanol–water partition coefficient (Wildman–Crippen LogP) is 4.78. The molecule has 1 atom stereocenters. The highest BCUT2D eigenvalue weighted by Gasteiger charge is 2.17. The van der Waals surface area contributed by atoms with Crippen molar-refractivity contribution in [2.24, 2.45) is 5.92 Å². The summed E-state index contributed by atoms with van der Waals surface area (Å²) in [5.41, 5.74) is 1.70. The SMILES string of the molecule is CC1CCCN(Cc2csc(NC(=O)c3ccc4ccccc4c3)n2)C1. The van der Waals surface area contributed by atoms with Crippen LogP contribution in [-0.2, 0) is 6.54 Å². The topological polar surface area (TPSA) is 45.2 Å². The van der Waals surface area contributed by atoms with Crippen molar-refractivity contribution in [2.75, 3.05) is 18.4 Å². The number of hydrogen-bond donors (Lipinski definition) is 1. The summed E-state index contributed by atoms with van der Waals surface area (Å²) >= 11 is 1.50.